The number of carbonyl (C=O) groups is 2. The fraction of sp³-hybridized carbons (Fsp3) is 0.103. The summed E-state index contributed by atoms with van der Waals surface area (Å²) in [4.78, 5) is 25.5. The van der Waals surface area contributed by atoms with E-state index in [2.05, 4.69) is 48.5 Å². The normalized spacial score (nSPS) is 11.5. The van der Waals surface area contributed by atoms with Crippen LogP contribution in [0.5, 0.6) is 0 Å². The third-order valence-electron chi connectivity index (χ3n) is 6.09. The predicted octanol–water partition coefficient (Wildman–Crippen LogP) is 3.17. The van der Waals surface area contributed by atoms with Crippen molar-refractivity contribution in [1.29, 1.82) is 0 Å². The molecule has 0 heterocycles. The molecule has 0 atom stereocenters. The van der Waals surface area contributed by atoms with Crippen molar-refractivity contribution >= 4 is 63.8 Å². The second kappa shape index (κ2) is 11.4. The first-order valence-electron chi connectivity index (χ1n) is 11.6. The van der Waals surface area contributed by atoms with Crippen LogP contribution >= 0.6 is 0 Å². The van der Waals surface area contributed by atoms with Crippen LogP contribution in [0.4, 0.5) is 0 Å². The molecule has 0 aliphatic heterocycles. The van der Waals surface area contributed by atoms with Crippen LogP contribution < -0.4 is 14.3 Å². The van der Waals surface area contributed by atoms with E-state index in [-0.39, 0.29) is 11.9 Å². The van der Waals surface area contributed by atoms with Gasteiger partial charge in [-0.2, -0.15) is 0 Å². The van der Waals surface area contributed by atoms with E-state index in [0.29, 0.717) is 2.45 Å². The molecule has 0 bridgehead atoms. The number of hydrogen-bond donors (Lipinski definition) is 0. The third kappa shape index (κ3) is 5.64. The van der Waals surface area contributed by atoms with Gasteiger partial charge in [0.2, 0.25) is 0 Å². The van der Waals surface area contributed by atoms with Gasteiger partial charge in [-0.25, -0.2) is 0 Å². The van der Waals surface area contributed by atoms with E-state index in [1.54, 1.807) is 0 Å². The molecular weight excluding hydrogens is 650 g/mol. The molecule has 0 radical (unpaired) electrons. The molecule has 0 unspecified atom stereocenters. The Morgan fingerprint density at radius 3 is 0.914 bits per heavy atom. The molecule has 0 N–H and O–H groups in total. The van der Waals surface area contributed by atoms with Gasteiger partial charge in [0.15, 0.2) is 0 Å². The van der Waals surface area contributed by atoms with Gasteiger partial charge < -0.3 is 0 Å². The Balaban J connectivity index is 2.07. The van der Waals surface area contributed by atoms with E-state index in [0.717, 1.165) is 14.3 Å². The summed E-state index contributed by atoms with van der Waals surface area (Å²) in [7, 11) is 0. The van der Waals surface area contributed by atoms with E-state index in [1.165, 1.54) is 13.8 Å². The maximum atomic E-state index is 12.7. The minimum atomic E-state index is -4.27. The Labute approximate surface area is 215 Å². The van der Waals surface area contributed by atoms with Crippen molar-refractivity contribution in [3.63, 3.8) is 0 Å². The summed E-state index contributed by atoms with van der Waals surface area (Å²) in [6.45, 7) is 2.96. The summed E-state index contributed by atoms with van der Waals surface area (Å²) in [5, 5.41) is 0. The molecule has 0 spiro atoms. The number of rotatable bonds is 8. The number of carbonyl (C=O) groups excluding carboxylic acids is 2. The number of benzene rings is 4. The fourth-order valence-electron chi connectivity index (χ4n) is 4.72. The van der Waals surface area contributed by atoms with Gasteiger partial charge in [-0.1, -0.05) is 0 Å². The van der Waals surface area contributed by atoms with Gasteiger partial charge in [-0.15, -0.1) is 0 Å². The molecule has 0 saturated carbocycles. The summed E-state index contributed by atoms with van der Waals surface area (Å²) >= 11 is -8.54. The summed E-state index contributed by atoms with van der Waals surface area (Å²) in [5.74, 6) is -0.615. The summed E-state index contributed by atoms with van der Waals surface area (Å²) in [6, 6.07) is 40.3. The zero-order chi connectivity index (χ0) is 24.7. The Kier molecular flexibility index (Phi) is 8.33. The van der Waals surface area contributed by atoms with Crippen molar-refractivity contribution in [1.82, 2.24) is 0 Å². The first-order valence-corrected chi connectivity index (χ1v) is 23.6. The van der Waals surface area contributed by atoms with Crippen molar-refractivity contribution in [2.75, 3.05) is 0 Å². The minimum absolute atomic E-state index is 0.308. The van der Waals surface area contributed by atoms with E-state index in [9.17, 15) is 9.59 Å². The Bertz CT molecular complexity index is 1080. The second-order valence-corrected chi connectivity index (χ2v) is 33.5. The molecule has 4 nitrogen and oxygen atoms in total. The third-order valence-corrected chi connectivity index (χ3v) is 46.1. The molecule has 0 aromatic heterocycles. The van der Waals surface area contributed by atoms with E-state index < -0.39 is 37.6 Å². The van der Waals surface area contributed by atoms with Crippen molar-refractivity contribution < 1.29 is 15.7 Å². The number of hydrogen-bond acceptors (Lipinski definition) is 4. The Morgan fingerprint density at radius 2 is 0.714 bits per heavy atom. The molecule has 176 valence electrons. The van der Waals surface area contributed by atoms with Crippen LogP contribution in [-0.2, 0) is 15.7 Å². The molecule has 4 aromatic rings. The van der Waals surface area contributed by atoms with Crippen LogP contribution in [-0.4, -0.2) is 49.5 Å². The molecular formula is C29H28O4Sn2. The Morgan fingerprint density at radius 1 is 0.486 bits per heavy atom. The van der Waals surface area contributed by atoms with Gasteiger partial charge in [-0.3, -0.25) is 0 Å². The molecule has 0 saturated heterocycles. The first kappa shape index (κ1) is 25.5. The van der Waals surface area contributed by atoms with Crippen LogP contribution in [0.1, 0.15) is 13.8 Å². The molecule has 6 heteroatoms. The molecule has 0 aliphatic rings. The van der Waals surface area contributed by atoms with Crippen LogP contribution in [0.2, 0.25) is 2.45 Å². The second-order valence-electron chi connectivity index (χ2n) is 8.48. The van der Waals surface area contributed by atoms with Gasteiger partial charge in [0, 0.05) is 0 Å². The van der Waals surface area contributed by atoms with Gasteiger partial charge >= 0.3 is 217 Å². The summed E-state index contributed by atoms with van der Waals surface area (Å²) in [6.07, 6.45) is 0. The summed E-state index contributed by atoms with van der Waals surface area (Å²) in [5.41, 5.74) is 0. The summed E-state index contributed by atoms with van der Waals surface area (Å²) < 4.78 is 17.8. The van der Waals surface area contributed by atoms with Crippen LogP contribution in [0.25, 0.3) is 0 Å². The van der Waals surface area contributed by atoms with E-state index in [4.69, 9.17) is 6.15 Å². The molecule has 35 heavy (non-hydrogen) atoms. The molecule has 4 rings (SSSR count). The van der Waals surface area contributed by atoms with Gasteiger partial charge in [0.25, 0.3) is 0 Å². The van der Waals surface area contributed by atoms with E-state index >= 15 is 0 Å². The predicted molar refractivity (Wildman–Crippen MR) is 144 cm³/mol. The maximum absolute atomic E-state index is 12.7. The zero-order valence-corrected chi connectivity index (χ0v) is 25.6. The first-order chi connectivity index (χ1) is 17.0. The van der Waals surface area contributed by atoms with Gasteiger partial charge in [-0.05, 0) is 0 Å². The van der Waals surface area contributed by atoms with Crippen molar-refractivity contribution in [2.45, 2.75) is 16.3 Å². The standard InChI is InChI=1S/4C6H5.2C2H4O2.CH2.2Sn/c4*1-2-4-6-5-3-1;2*1-2(3)4;;;/h4*1-5H;2*1H3,(H,3,4);1H2;;/q;;;;;;;2*+1/p-2. The zero-order valence-electron chi connectivity index (χ0n) is 19.9. The molecule has 4 aromatic carbocycles. The van der Waals surface area contributed by atoms with Crippen molar-refractivity contribution in [2.24, 2.45) is 0 Å². The van der Waals surface area contributed by atoms with Crippen molar-refractivity contribution in [3.8, 4) is 0 Å². The van der Waals surface area contributed by atoms with Crippen molar-refractivity contribution in [3.05, 3.63) is 121 Å². The fourth-order valence-corrected chi connectivity index (χ4v) is 55.7. The average molecular weight is 678 g/mol. The quantitative estimate of drug-likeness (QED) is 0.269. The molecule has 0 fully saturated rings. The molecule has 0 amide bonds. The Hall–Kier alpha value is -2.58. The average Bonchev–Trinajstić information content (AvgIpc) is 2.89. The SMILES string of the molecule is CC(=O)[O][Sn]([CH2][Sn]([O]C(C)=O)([c]1ccccc1)[c]1ccccc1)([c]1ccccc1)[c]1ccccc1. The van der Waals surface area contributed by atoms with Crippen LogP contribution in [0.3, 0.4) is 0 Å². The molecule has 0 aliphatic carbocycles. The van der Waals surface area contributed by atoms with Gasteiger partial charge in [0.05, 0.1) is 0 Å². The van der Waals surface area contributed by atoms with Crippen LogP contribution in [0.15, 0.2) is 121 Å². The van der Waals surface area contributed by atoms with E-state index in [1.807, 2.05) is 72.8 Å². The van der Waals surface area contributed by atoms with Crippen LogP contribution in [0, 0.1) is 0 Å². The van der Waals surface area contributed by atoms with Gasteiger partial charge in [0.1, 0.15) is 0 Å². The monoisotopic (exact) mass is 680 g/mol. The topological polar surface area (TPSA) is 52.6 Å².